The molecule has 0 spiro atoms. The van der Waals surface area contributed by atoms with E-state index in [0.717, 1.165) is 29.6 Å². The summed E-state index contributed by atoms with van der Waals surface area (Å²) < 4.78 is 0. The summed E-state index contributed by atoms with van der Waals surface area (Å²) in [5, 5.41) is 4.34. The van der Waals surface area contributed by atoms with Crippen LogP contribution in [0.25, 0.3) is 10.9 Å². The SMILES string of the molecule is CCN(CC)C(=O)CNCc1cccc2cccnc12. The van der Waals surface area contributed by atoms with E-state index in [1.54, 1.807) is 6.20 Å². The van der Waals surface area contributed by atoms with Gasteiger partial charge in [0.15, 0.2) is 0 Å². The van der Waals surface area contributed by atoms with Gasteiger partial charge in [-0.15, -0.1) is 0 Å². The highest BCUT2D eigenvalue weighted by molar-refractivity contribution is 5.81. The van der Waals surface area contributed by atoms with Gasteiger partial charge in [0.1, 0.15) is 0 Å². The van der Waals surface area contributed by atoms with Crippen LogP contribution >= 0.6 is 0 Å². The van der Waals surface area contributed by atoms with Crippen molar-refractivity contribution in [2.45, 2.75) is 20.4 Å². The average molecular weight is 271 g/mol. The number of nitrogens with one attached hydrogen (secondary N) is 1. The molecule has 1 heterocycles. The Morgan fingerprint density at radius 1 is 1.20 bits per heavy atom. The molecule has 106 valence electrons. The zero-order valence-electron chi connectivity index (χ0n) is 12.1. The molecule has 1 aromatic carbocycles. The van der Waals surface area contributed by atoms with E-state index in [4.69, 9.17) is 0 Å². The predicted octanol–water partition coefficient (Wildman–Crippen LogP) is 2.19. The van der Waals surface area contributed by atoms with E-state index in [2.05, 4.69) is 10.3 Å². The first-order chi connectivity index (χ1) is 9.76. The molecule has 0 aliphatic carbocycles. The van der Waals surface area contributed by atoms with Crippen LogP contribution in [0.2, 0.25) is 0 Å². The van der Waals surface area contributed by atoms with Gasteiger partial charge in [-0.25, -0.2) is 0 Å². The largest absolute Gasteiger partial charge is 0.342 e. The van der Waals surface area contributed by atoms with Crippen molar-refractivity contribution in [3.63, 3.8) is 0 Å². The maximum Gasteiger partial charge on any atom is 0.236 e. The van der Waals surface area contributed by atoms with Gasteiger partial charge in [-0.1, -0.05) is 24.3 Å². The number of hydrogen-bond acceptors (Lipinski definition) is 3. The first-order valence-corrected chi connectivity index (χ1v) is 7.07. The van der Waals surface area contributed by atoms with Crippen molar-refractivity contribution in [1.29, 1.82) is 0 Å². The Balaban J connectivity index is 1.98. The number of carbonyl (C=O) groups is 1. The molecule has 0 atom stereocenters. The molecule has 0 unspecified atom stereocenters. The van der Waals surface area contributed by atoms with Crippen LogP contribution in [-0.4, -0.2) is 35.4 Å². The second-order valence-corrected chi connectivity index (χ2v) is 4.66. The fraction of sp³-hybridized carbons (Fsp3) is 0.375. The Hall–Kier alpha value is -1.94. The number of benzene rings is 1. The van der Waals surface area contributed by atoms with Crippen molar-refractivity contribution in [3.05, 3.63) is 42.1 Å². The molecular weight excluding hydrogens is 250 g/mol. The first-order valence-electron chi connectivity index (χ1n) is 7.07. The third-order valence-corrected chi connectivity index (χ3v) is 3.42. The number of aromatic nitrogens is 1. The average Bonchev–Trinajstić information content (AvgIpc) is 2.49. The number of rotatable bonds is 6. The number of fused-ring (bicyclic) bond motifs is 1. The zero-order chi connectivity index (χ0) is 14.4. The third-order valence-electron chi connectivity index (χ3n) is 3.42. The van der Waals surface area contributed by atoms with E-state index in [1.165, 1.54) is 0 Å². The Labute approximate surface area is 119 Å². The minimum absolute atomic E-state index is 0.142. The molecule has 0 aliphatic rings. The minimum Gasteiger partial charge on any atom is -0.342 e. The summed E-state index contributed by atoms with van der Waals surface area (Å²) in [6.07, 6.45) is 1.80. The van der Waals surface area contributed by atoms with E-state index in [0.29, 0.717) is 13.1 Å². The van der Waals surface area contributed by atoms with Gasteiger partial charge >= 0.3 is 0 Å². The normalized spacial score (nSPS) is 10.7. The number of amides is 1. The molecule has 0 radical (unpaired) electrons. The molecular formula is C16H21N3O. The molecule has 2 aromatic rings. The lowest BCUT2D eigenvalue weighted by molar-refractivity contribution is -0.129. The molecule has 4 heteroatoms. The van der Waals surface area contributed by atoms with E-state index < -0.39 is 0 Å². The maximum absolute atomic E-state index is 11.9. The van der Waals surface area contributed by atoms with Gasteiger partial charge in [0, 0.05) is 31.2 Å². The van der Waals surface area contributed by atoms with Crippen molar-refractivity contribution in [3.8, 4) is 0 Å². The fourth-order valence-corrected chi connectivity index (χ4v) is 2.30. The highest BCUT2D eigenvalue weighted by Crippen LogP contribution is 2.15. The molecule has 0 fully saturated rings. The summed E-state index contributed by atoms with van der Waals surface area (Å²) >= 11 is 0. The lowest BCUT2D eigenvalue weighted by Crippen LogP contribution is -2.37. The van der Waals surface area contributed by atoms with Crippen molar-refractivity contribution in [2.24, 2.45) is 0 Å². The number of pyridine rings is 1. The molecule has 2 rings (SSSR count). The van der Waals surface area contributed by atoms with Crippen LogP contribution in [0.3, 0.4) is 0 Å². The standard InChI is InChI=1S/C16H21N3O/c1-3-19(4-2)15(20)12-17-11-14-8-5-7-13-9-6-10-18-16(13)14/h5-10,17H,3-4,11-12H2,1-2H3. The maximum atomic E-state index is 11.9. The quantitative estimate of drug-likeness (QED) is 0.876. The van der Waals surface area contributed by atoms with Crippen LogP contribution in [0.15, 0.2) is 36.5 Å². The second-order valence-electron chi connectivity index (χ2n) is 4.66. The molecule has 0 bridgehead atoms. The lowest BCUT2D eigenvalue weighted by Gasteiger charge is -2.18. The Kier molecular flexibility index (Phi) is 5.07. The van der Waals surface area contributed by atoms with E-state index in [-0.39, 0.29) is 5.91 Å². The Morgan fingerprint density at radius 2 is 1.95 bits per heavy atom. The molecule has 0 saturated heterocycles. The van der Waals surface area contributed by atoms with E-state index in [9.17, 15) is 4.79 Å². The predicted molar refractivity (Wildman–Crippen MR) is 81.4 cm³/mol. The van der Waals surface area contributed by atoms with Crippen molar-refractivity contribution >= 4 is 16.8 Å². The van der Waals surface area contributed by atoms with Crippen LogP contribution in [0.5, 0.6) is 0 Å². The molecule has 20 heavy (non-hydrogen) atoms. The van der Waals surface area contributed by atoms with E-state index in [1.807, 2.05) is 49.1 Å². The Morgan fingerprint density at radius 3 is 2.70 bits per heavy atom. The summed E-state index contributed by atoms with van der Waals surface area (Å²) in [6.45, 7) is 6.53. The van der Waals surface area contributed by atoms with Crippen molar-refractivity contribution in [2.75, 3.05) is 19.6 Å². The number of nitrogens with zero attached hydrogens (tertiary/aromatic N) is 2. The monoisotopic (exact) mass is 271 g/mol. The van der Waals surface area contributed by atoms with Crippen molar-refractivity contribution in [1.82, 2.24) is 15.2 Å². The summed E-state index contributed by atoms with van der Waals surface area (Å²) in [6, 6.07) is 10.1. The zero-order valence-corrected chi connectivity index (χ0v) is 12.1. The first kappa shape index (κ1) is 14.5. The molecule has 0 aliphatic heterocycles. The van der Waals surface area contributed by atoms with Gasteiger partial charge in [-0.2, -0.15) is 0 Å². The Bertz CT molecular complexity index is 573. The number of likely N-dealkylation sites (N-methyl/N-ethyl adjacent to an activating group) is 1. The topological polar surface area (TPSA) is 45.2 Å². The van der Waals surface area contributed by atoms with Crippen LogP contribution in [0, 0.1) is 0 Å². The van der Waals surface area contributed by atoms with Crippen LogP contribution < -0.4 is 5.32 Å². The van der Waals surface area contributed by atoms with Gasteiger partial charge in [0.2, 0.25) is 5.91 Å². The molecule has 1 N–H and O–H groups in total. The molecule has 4 nitrogen and oxygen atoms in total. The van der Waals surface area contributed by atoms with Crippen molar-refractivity contribution < 1.29 is 4.79 Å². The van der Waals surface area contributed by atoms with Gasteiger partial charge in [0.05, 0.1) is 12.1 Å². The van der Waals surface area contributed by atoms with Crippen LogP contribution in [-0.2, 0) is 11.3 Å². The summed E-state index contributed by atoms with van der Waals surface area (Å²) in [4.78, 5) is 18.1. The highest BCUT2D eigenvalue weighted by atomic mass is 16.2. The summed E-state index contributed by atoms with van der Waals surface area (Å²) in [5.74, 6) is 0.142. The summed E-state index contributed by atoms with van der Waals surface area (Å²) in [5.41, 5.74) is 2.12. The smallest absolute Gasteiger partial charge is 0.236 e. The van der Waals surface area contributed by atoms with Crippen LogP contribution in [0.1, 0.15) is 19.4 Å². The minimum atomic E-state index is 0.142. The number of para-hydroxylation sites is 1. The van der Waals surface area contributed by atoms with Gasteiger partial charge in [-0.3, -0.25) is 9.78 Å². The van der Waals surface area contributed by atoms with Gasteiger partial charge < -0.3 is 10.2 Å². The molecule has 1 aromatic heterocycles. The molecule has 1 amide bonds. The number of hydrogen-bond donors (Lipinski definition) is 1. The van der Waals surface area contributed by atoms with E-state index >= 15 is 0 Å². The third kappa shape index (κ3) is 3.33. The highest BCUT2D eigenvalue weighted by Gasteiger charge is 2.09. The van der Waals surface area contributed by atoms with Gasteiger partial charge in [-0.05, 0) is 25.5 Å². The molecule has 0 saturated carbocycles. The second kappa shape index (κ2) is 7.01. The fourth-order valence-electron chi connectivity index (χ4n) is 2.30. The van der Waals surface area contributed by atoms with Gasteiger partial charge in [0.25, 0.3) is 0 Å². The number of carbonyl (C=O) groups excluding carboxylic acids is 1. The van der Waals surface area contributed by atoms with Crippen LogP contribution in [0.4, 0.5) is 0 Å². The summed E-state index contributed by atoms with van der Waals surface area (Å²) in [7, 11) is 0. The lowest BCUT2D eigenvalue weighted by atomic mass is 10.1.